The molecule has 0 fully saturated rings. The molecule has 0 radical (unpaired) electrons. The van der Waals surface area contributed by atoms with Gasteiger partial charge in [0.2, 0.25) is 0 Å². The van der Waals surface area contributed by atoms with Crippen LogP contribution in [0.1, 0.15) is 19.4 Å². The minimum absolute atomic E-state index is 0.0568. The summed E-state index contributed by atoms with van der Waals surface area (Å²) in [7, 11) is 0. The van der Waals surface area contributed by atoms with E-state index in [-0.39, 0.29) is 12.5 Å². The van der Waals surface area contributed by atoms with Crippen molar-refractivity contribution in [3.63, 3.8) is 0 Å². The van der Waals surface area contributed by atoms with E-state index >= 15 is 0 Å². The minimum Gasteiger partial charge on any atom is -0.493 e. The number of hydrogen-bond donors (Lipinski definition) is 1. The first-order valence-corrected chi connectivity index (χ1v) is 8.65. The summed E-state index contributed by atoms with van der Waals surface area (Å²) in [6.07, 6.45) is 0. The Hall–Kier alpha value is -2.01. The minimum atomic E-state index is -0.219. The van der Waals surface area contributed by atoms with Gasteiger partial charge in [-0.3, -0.25) is 4.79 Å². The van der Waals surface area contributed by atoms with Crippen molar-refractivity contribution in [2.24, 2.45) is 5.92 Å². The van der Waals surface area contributed by atoms with Crippen LogP contribution in [0.15, 0.2) is 46.9 Å². The topological polar surface area (TPSA) is 47.6 Å². The summed E-state index contributed by atoms with van der Waals surface area (Å²) in [6.45, 7) is 6.76. The lowest BCUT2D eigenvalue weighted by Crippen LogP contribution is -2.20. The number of nitrogens with one attached hydrogen (secondary N) is 1. The highest BCUT2D eigenvalue weighted by atomic mass is 79.9. The SMILES string of the molecule is Cc1ccc(OCC(=O)Nc2cccc(OCC(C)C)c2)c(Br)c1. The average molecular weight is 392 g/mol. The second-order valence-corrected chi connectivity index (χ2v) is 6.86. The molecule has 0 bridgehead atoms. The van der Waals surface area contributed by atoms with Crippen molar-refractivity contribution in [2.75, 3.05) is 18.5 Å². The van der Waals surface area contributed by atoms with E-state index in [0.29, 0.717) is 24.0 Å². The fourth-order valence-corrected chi connectivity index (χ4v) is 2.60. The molecule has 0 atom stereocenters. The van der Waals surface area contributed by atoms with Crippen LogP contribution in [-0.4, -0.2) is 19.1 Å². The monoisotopic (exact) mass is 391 g/mol. The number of ether oxygens (including phenoxy) is 2. The third-order valence-corrected chi connectivity index (χ3v) is 3.77. The second-order valence-electron chi connectivity index (χ2n) is 6.00. The van der Waals surface area contributed by atoms with E-state index in [1.807, 2.05) is 49.4 Å². The summed E-state index contributed by atoms with van der Waals surface area (Å²) >= 11 is 3.43. The lowest BCUT2D eigenvalue weighted by Gasteiger charge is -2.11. The van der Waals surface area contributed by atoms with Crippen molar-refractivity contribution in [2.45, 2.75) is 20.8 Å². The summed E-state index contributed by atoms with van der Waals surface area (Å²) in [6, 6.07) is 13.1. The molecule has 0 aliphatic heterocycles. The van der Waals surface area contributed by atoms with Gasteiger partial charge in [-0.1, -0.05) is 26.0 Å². The summed E-state index contributed by atoms with van der Waals surface area (Å²) in [5.74, 6) is 1.61. The van der Waals surface area contributed by atoms with Crippen LogP contribution in [-0.2, 0) is 4.79 Å². The normalized spacial score (nSPS) is 10.5. The maximum absolute atomic E-state index is 12.0. The molecule has 1 N–H and O–H groups in total. The Labute approximate surface area is 151 Å². The van der Waals surface area contributed by atoms with E-state index in [0.717, 1.165) is 15.8 Å². The van der Waals surface area contributed by atoms with Gasteiger partial charge in [0, 0.05) is 11.8 Å². The van der Waals surface area contributed by atoms with Crippen molar-refractivity contribution in [3.05, 3.63) is 52.5 Å². The maximum Gasteiger partial charge on any atom is 0.262 e. The Morgan fingerprint density at radius 2 is 1.96 bits per heavy atom. The molecule has 24 heavy (non-hydrogen) atoms. The number of hydrogen-bond acceptors (Lipinski definition) is 3. The standard InChI is InChI=1S/C19H22BrNO3/c1-13(2)11-23-16-6-4-5-15(10-16)21-19(22)12-24-18-8-7-14(3)9-17(18)20/h4-10,13H,11-12H2,1-3H3,(H,21,22). The molecule has 2 aromatic rings. The molecule has 2 aromatic carbocycles. The van der Waals surface area contributed by atoms with Gasteiger partial charge in [-0.2, -0.15) is 0 Å². The van der Waals surface area contributed by atoms with Crippen molar-refractivity contribution in [1.82, 2.24) is 0 Å². The van der Waals surface area contributed by atoms with Crippen LogP contribution in [0.2, 0.25) is 0 Å². The molecule has 128 valence electrons. The van der Waals surface area contributed by atoms with Crippen LogP contribution in [0.5, 0.6) is 11.5 Å². The van der Waals surface area contributed by atoms with Gasteiger partial charge in [-0.15, -0.1) is 0 Å². The van der Waals surface area contributed by atoms with Gasteiger partial charge in [0.1, 0.15) is 11.5 Å². The first kappa shape index (κ1) is 18.3. The number of aryl methyl sites for hydroxylation is 1. The molecule has 4 nitrogen and oxygen atoms in total. The van der Waals surface area contributed by atoms with Crippen molar-refractivity contribution >= 4 is 27.5 Å². The zero-order valence-electron chi connectivity index (χ0n) is 14.1. The van der Waals surface area contributed by atoms with Crippen LogP contribution in [0, 0.1) is 12.8 Å². The van der Waals surface area contributed by atoms with E-state index in [1.54, 1.807) is 0 Å². The lowest BCUT2D eigenvalue weighted by molar-refractivity contribution is -0.118. The zero-order chi connectivity index (χ0) is 17.5. The zero-order valence-corrected chi connectivity index (χ0v) is 15.7. The van der Waals surface area contributed by atoms with Gasteiger partial charge in [0.05, 0.1) is 11.1 Å². The molecule has 0 unspecified atom stereocenters. The molecule has 2 rings (SSSR count). The van der Waals surface area contributed by atoms with Crippen LogP contribution in [0.3, 0.4) is 0 Å². The fraction of sp³-hybridized carbons (Fsp3) is 0.316. The molecule has 0 aliphatic rings. The largest absolute Gasteiger partial charge is 0.493 e. The molecule has 1 amide bonds. The Morgan fingerprint density at radius 3 is 2.67 bits per heavy atom. The number of carbonyl (C=O) groups is 1. The maximum atomic E-state index is 12.0. The predicted octanol–water partition coefficient (Wildman–Crippen LogP) is 4.81. The quantitative estimate of drug-likeness (QED) is 0.736. The number of anilines is 1. The third-order valence-electron chi connectivity index (χ3n) is 3.15. The molecule has 0 saturated carbocycles. The number of rotatable bonds is 7. The van der Waals surface area contributed by atoms with E-state index in [2.05, 4.69) is 35.1 Å². The molecule has 0 heterocycles. The van der Waals surface area contributed by atoms with Gasteiger partial charge < -0.3 is 14.8 Å². The number of carbonyl (C=O) groups excluding carboxylic acids is 1. The smallest absolute Gasteiger partial charge is 0.262 e. The Bertz CT molecular complexity index is 701. The Balaban J connectivity index is 1.89. The first-order chi connectivity index (χ1) is 11.4. The van der Waals surface area contributed by atoms with Crippen LogP contribution < -0.4 is 14.8 Å². The molecule has 0 aliphatic carbocycles. The summed E-state index contributed by atoms with van der Waals surface area (Å²) in [5.41, 5.74) is 1.81. The van der Waals surface area contributed by atoms with Crippen molar-refractivity contribution in [3.8, 4) is 11.5 Å². The third kappa shape index (κ3) is 5.89. The van der Waals surface area contributed by atoms with E-state index in [4.69, 9.17) is 9.47 Å². The lowest BCUT2D eigenvalue weighted by atomic mass is 10.2. The van der Waals surface area contributed by atoms with Crippen molar-refractivity contribution < 1.29 is 14.3 Å². The molecular weight excluding hydrogens is 370 g/mol. The highest BCUT2D eigenvalue weighted by Crippen LogP contribution is 2.25. The predicted molar refractivity (Wildman–Crippen MR) is 99.8 cm³/mol. The van der Waals surface area contributed by atoms with Gasteiger partial charge in [-0.05, 0) is 58.6 Å². The van der Waals surface area contributed by atoms with Crippen LogP contribution in [0.25, 0.3) is 0 Å². The molecular formula is C19H22BrNO3. The van der Waals surface area contributed by atoms with E-state index in [1.165, 1.54) is 0 Å². The number of amides is 1. The van der Waals surface area contributed by atoms with Crippen LogP contribution in [0.4, 0.5) is 5.69 Å². The fourth-order valence-electron chi connectivity index (χ4n) is 1.99. The number of halogens is 1. The van der Waals surface area contributed by atoms with Gasteiger partial charge in [0.25, 0.3) is 5.91 Å². The average Bonchev–Trinajstić information content (AvgIpc) is 2.52. The molecule has 0 aromatic heterocycles. The highest BCUT2D eigenvalue weighted by molar-refractivity contribution is 9.10. The molecule has 5 heteroatoms. The molecule has 0 spiro atoms. The van der Waals surface area contributed by atoms with Gasteiger partial charge in [0.15, 0.2) is 6.61 Å². The summed E-state index contributed by atoms with van der Waals surface area (Å²) < 4.78 is 12.0. The van der Waals surface area contributed by atoms with Crippen molar-refractivity contribution in [1.29, 1.82) is 0 Å². The molecule has 0 saturated heterocycles. The van der Waals surface area contributed by atoms with E-state index in [9.17, 15) is 4.79 Å². The van der Waals surface area contributed by atoms with Crippen LogP contribution >= 0.6 is 15.9 Å². The van der Waals surface area contributed by atoms with Gasteiger partial charge >= 0.3 is 0 Å². The van der Waals surface area contributed by atoms with Gasteiger partial charge in [-0.25, -0.2) is 0 Å². The Morgan fingerprint density at radius 1 is 1.17 bits per heavy atom. The highest BCUT2D eigenvalue weighted by Gasteiger charge is 2.07. The Kier molecular flexibility index (Phi) is 6.67. The number of benzene rings is 2. The first-order valence-electron chi connectivity index (χ1n) is 7.85. The second kappa shape index (κ2) is 8.73. The summed E-state index contributed by atoms with van der Waals surface area (Å²) in [5, 5.41) is 2.81. The summed E-state index contributed by atoms with van der Waals surface area (Å²) in [4.78, 5) is 12.0. The van der Waals surface area contributed by atoms with E-state index < -0.39 is 0 Å².